The van der Waals surface area contributed by atoms with Gasteiger partial charge in [0.2, 0.25) is 5.91 Å². The topological polar surface area (TPSA) is 87.3 Å². The molecule has 0 aliphatic heterocycles. The summed E-state index contributed by atoms with van der Waals surface area (Å²) < 4.78 is 54.4. The van der Waals surface area contributed by atoms with Gasteiger partial charge in [-0.1, -0.05) is 72.3 Å². The van der Waals surface area contributed by atoms with Gasteiger partial charge < -0.3 is 16.0 Å². The van der Waals surface area contributed by atoms with Crippen LogP contribution in [0.1, 0.15) is 32.3 Å². The summed E-state index contributed by atoms with van der Waals surface area (Å²) in [5.41, 5.74) is -0.0452. The summed E-state index contributed by atoms with van der Waals surface area (Å²) in [6, 6.07) is 31.7. The first-order valence-corrected chi connectivity index (χ1v) is 15.9. The molecule has 0 radical (unpaired) electrons. The molecule has 0 spiro atoms. The highest BCUT2D eigenvalue weighted by Gasteiger charge is 2.31. The lowest BCUT2D eigenvalue weighted by Gasteiger charge is -2.18. The lowest BCUT2D eigenvalue weighted by atomic mass is 10.1. The number of hydrogen-bond acceptors (Lipinski definition) is 4. The number of hydrogen-bond donors (Lipinski definition) is 3. The van der Waals surface area contributed by atoms with Gasteiger partial charge in [-0.05, 0) is 78.4 Å². The van der Waals surface area contributed by atoms with Crippen LogP contribution in [0, 0.1) is 5.82 Å². The molecule has 0 fully saturated rings. The van der Waals surface area contributed by atoms with Crippen LogP contribution in [0.5, 0.6) is 0 Å². The highest BCUT2D eigenvalue weighted by atomic mass is 35.5. The van der Waals surface area contributed by atoms with Crippen LogP contribution < -0.4 is 16.0 Å². The van der Waals surface area contributed by atoms with E-state index in [0.717, 1.165) is 30.0 Å². The van der Waals surface area contributed by atoms with Crippen molar-refractivity contribution in [2.75, 3.05) is 10.6 Å². The van der Waals surface area contributed by atoms with Crippen LogP contribution in [0.3, 0.4) is 0 Å². The van der Waals surface area contributed by atoms with Crippen molar-refractivity contribution in [3.05, 3.63) is 166 Å². The van der Waals surface area contributed by atoms with Crippen LogP contribution >= 0.6 is 23.4 Å². The zero-order valence-corrected chi connectivity index (χ0v) is 26.9. The summed E-state index contributed by atoms with van der Waals surface area (Å²) in [4.78, 5) is 40.4. The van der Waals surface area contributed by atoms with Gasteiger partial charge in [0.1, 0.15) is 16.8 Å². The minimum atomic E-state index is -4.57. The predicted octanol–water partition coefficient (Wildman–Crippen LogP) is 9.38. The molecule has 0 heterocycles. The van der Waals surface area contributed by atoms with E-state index < -0.39 is 40.5 Å². The van der Waals surface area contributed by atoms with Gasteiger partial charge in [0.25, 0.3) is 11.8 Å². The number of alkyl halides is 3. The van der Waals surface area contributed by atoms with E-state index in [4.69, 9.17) is 11.6 Å². The molecule has 1 atom stereocenters. The number of anilines is 2. The van der Waals surface area contributed by atoms with Crippen molar-refractivity contribution in [3.8, 4) is 0 Å². The first kappa shape index (κ1) is 34.9. The van der Waals surface area contributed by atoms with Crippen LogP contribution in [0.25, 0.3) is 6.08 Å². The van der Waals surface area contributed by atoms with Gasteiger partial charge in [0.15, 0.2) is 0 Å². The number of amides is 3. The van der Waals surface area contributed by atoms with E-state index >= 15 is 0 Å². The third-order valence-corrected chi connectivity index (χ3v) is 8.58. The maximum Gasteiger partial charge on any atom is 0.416 e. The molecule has 0 aliphatic rings. The van der Waals surface area contributed by atoms with Gasteiger partial charge in [0, 0.05) is 27.4 Å². The molecule has 5 aromatic carbocycles. The van der Waals surface area contributed by atoms with E-state index in [0.29, 0.717) is 16.1 Å². The smallest absolute Gasteiger partial charge is 0.325 e. The number of halogens is 5. The molecule has 0 aliphatic carbocycles. The van der Waals surface area contributed by atoms with Crippen molar-refractivity contribution < 1.29 is 31.9 Å². The number of carbonyl (C=O) groups excluding carboxylic acids is 3. The lowest BCUT2D eigenvalue weighted by Crippen LogP contribution is -2.30. The Morgan fingerprint density at radius 1 is 0.735 bits per heavy atom. The Labute approximate surface area is 288 Å². The zero-order chi connectivity index (χ0) is 35.0. The summed E-state index contributed by atoms with van der Waals surface area (Å²) in [5, 5.41) is 6.98. The van der Waals surface area contributed by atoms with Crippen molar-refractivity contribution in [2.24, 2.45) is 0 Å². The van der Waals surface area contributed by atoms with E-state index in [1.54, 1.807) is 84.9 Å². The van der Waals surface area contributed by atoms with Gasteiger partial charge in [0.05, 0.1) is 10.6 Å². The van der Waals surface area contributed by atoms with Gasteiger partial charge in [-0.2, -0.15) is 13.2 Å². The minimum absolute atomic E-state index is 0.000646. The first-order valence-electron chi connectivity index (χ1n) is 14.6. The molecular weight excluding hydrogens is 678 g/mol. The molecule has 3 amide bonds. The number of rotatable bonds is 10. The number of nitrogens with one attached hydrogen (secondary N) is 3. The molecular formula is C37H26ClF4N3O3S. The van der Waals surface area contributed by atoms with Crippen LogP contribution in [-0.2, 0) is 15.8 Å². The van der Waals surface area contributed by atoms with Crippen LogP contribution in [0.4, 0.5) is 28.9 Å². The van der Waals surface area contributed by atoms with E-state index in [1.807, 2.05) is 0 Å². The molecule has 0 aromatic heterocycles. The molecule has 12 heteroatoms. The standard InChI is InChI=1S/C37H26ClF4N3O3S/c38-30-15-8-16-31(39)29(30)22-32(45-34(46)24-11-5-2-6-12-24)35(47)43-26-17-19-28(20-18-26)49-33(23-9-3-1-4-10-23)36(48)44-27-14-7-13-25(21-27)37(40,41)42/h1-22,33H,(H,43,47)(H,44,48)(H,45,46)/b32-22-. The Bertz CT molecular complexity index is 1970. The zero-order valence-electron chi connectivity index (χ0n) is 25.3. The molecule has 3 N–H and O–H groups in total. The number of benzene rings is 5. The highest BCUT2D eigenvalue weighted by molar-refractivity contribution is 8.00. The van der Waals surface area contributed by atoms with Gasteiger partial charge in [-0.15, -0.1) is 11.8 Å². The fraction of sp³-hybridized carbons (Fsp3) is 0.0541. The molecule has 49 heavy (non-hydrogen) atoms. The Kier molecular flexibility index (Phi) is 11.2. The van der Waals surface area contributed by atoms with Crippen LogP contribution in [0.2, 0.25) is 5.02 Å². The second-order valence-corrected chi connectivity index (χ2v) is 12.1. The monoisotopic (exact) mass is 703 g/mol. The maximum atomic E-state index is 14.6. The Hall–Kier alpha value is -5.39. The van der Waals surface area contributed by atoms with E-state index in [9.17, 15) is 31.9 Å². The molecule has 0 saturated heterocycles. The van der Waals surface area contributed by atoms with Crippen molar-refractivity contribution in [1.82, 2.24) is 5.32 Å². The molecule has 6 nitrogen and oxygen atoms in total. The average Bonchev–Trinajstić information content (AvgIpc) is 3.09. The quantitative estimate of drug-likeness (QED) is 0.0769. The maximum absolute atomic E-state index is 14.6. The second kappa shape index (κ2) is 15.7. The van der Waals surface area contributed by atoms with Crippen molar-refractivity contribution in [1.29, 1.82) is 0 Å². The van der Waals surface area contributed by atoms with Crippen molar-refractivity contribution >= 4 is 58.5 Å². The second-order valence-electron chi connectivity index (χ2n) is 10.5. The molecule has 0 bridgehead atoms. The largest absolute Gasteiger partial charge is 0.416 e. The number of thioether (sulfide) groups is 1. The normalized spacial score (nSPS) is 12.1. The van der Waals surface area contributed by atoms with Gasteiger partial charge in [-0.25, -0.2) is 4.39 Å². The summed E-state index contributed by atoms with van der Waals surface area (Å²) in [5.74, 6) is -2.59. The summed E-state index contributed by atoms with van der Waals surface area (Å²) >= 11 is 7.33. The van der Waals surface area contributed by atoms with Crippen LogP contribution in [0.15, 0.2) is 138 Å². The molecule has 5 rings (SSSR count). The molecule has 1 unspecified atom stereocenters. The third kappa shape index (κ3) is 9.37. The minimum Gasteiger partial charge on any atom is -0.325 e. The SMILES string of the molecule is O=C(Nc1ccc(SC(C(=O)Nc2cccc(C(F)(F)F)c2)c2ccccc2)cc1)/C(=C/c1c(F)cccc1Cl)NC(=O)c1ccccc1. The summed E-state index contributed by atoms with van der Waals surface area (Å²) in [6.45, 7) is 0. The Morgan fingerprint density at radius 3 is 2.04 bits per heavy atom. The van der Waals surface area contributed by atoms with E-state index in [2.05, 4.69) is 16.0 Å². The van der Waals surface area contributed by atoms with E-state index in [-0.39, 0.29) is 27.5 Å². The van der Waals surface area contributed by atoms with Crippen LogP contribution in [-0.4, -0.2) is 17.7 Å². The van der Waals surface area contributed by atoms with E-state index in [1.165, 1.54) is 30.3 Å². The number of carbonyl (C=O) groups is 3. The van der Waals surface area contributed by atoms with Gasteiger partial charge >= 0.3 is 6.18 Å². The highest BCUT2D eigenvalue weighted by Crippen LogP contribution is 2.37. The summed E-state index contributed by atoms with van der Waals surface area (Å²) in [7, 11) is 0. The third-order valence-electron chi connectivity index (χ3n) is 6.98. The summed E-state index contributed by atoms with van der Waals surface area (Å²) in [6.07, 6.45) is -3.42. The van der Waals surface area contributed by atoms with Crippen molar-refractivity contribution in [2.45, 2.75) is 16.3 Å². The Morgan fingerprint density at radius 2 is 1.39 bits per heavy atom. The van der Waals surface area contributed by atoms with Gasteiger partial charge in [-0.3, -0.25) is 14.4 Å². The predicted molar refractivity (Wildman–Crippen MR) is 183 cm³/mol. The lowest BCUT2D eigenvalue weighted by molar-refractivity contribution is -0.137. The molecule has 248 valence electrons. The average molecular weight is 704 g/mol. The first-order chi connectivity index (χ1) is 23.5. The van der Waals surface area contributed by atoms with Crippen molar-refractivity contribution in [3.63, 3.8) is 0 Å². The fourth-order valence-electron chi connectivity index (χ4n) is 4.57. The molecule has 5 aromatic rings. The molecule has 0 saturated carbocycles. The Balaban J connectivity index is 1.35. The fourth-order valence-corrected chi connectivity index (χ4v) is 5.81.